The summed E-state index contributed by atoms with van der Waals surface area (Å²) in [6.45, 7) is 0. The number of alkyl halides is 6. The highest BCUT2D eigenvalue weighted by Gasteiger charge is 2.31. The van der Waals surface area contributed by atoms with E-state index in [1.807, 2.05) is 0 Å². The third kappa shape index (κ3) is 4.87. The molecule has 4 aromatic rings. The molecule has 0 spiro atoms. The van der Waals surface area contributed by atoms with Crippen molar-refractivity contribution < 1.29 is 30.8 Å². The van der Waals surface area contributed by atoms with Gasteiger partial charge in [0.15, 0.2) is 5.58 Å². The molecule has 0 radical (unpaired) electrons. The minimum absolute atomic E-state index is 0.316. The van der Waals surface area contributed by atoms with E-state index in [1.54, 1.807) is 24.3 Å². The van der Waals surface area contributed by atoms with E-state index in [2.05, 4.69) is 4.98 Å². The van der Waals surface area contributed by atoms with Gasteiger partial charge < -0.3 is 4.42 Å². The summed E-state index contributed by atoms with van der Waals surface area (Å²) in [4.78, 5) is 4.31. The van der Waals surface area contributed by atoms with Crippen LogP contribution in [0.25, 0.3) is 22.2 Å². The van der Waals surface area contributed by atoms with Crippen LogP contribution < -0.4 is 0 Å². The lowest BCUT2D eigenvalue weighted by Gasteiger charge is -2.08. The Labute approximate surface area is 176 Å². The van der Waals surface area contributed by atoms with Crippen molar-refractivity contribution in [3.63, 3.8) is 0 Å². The molecule has 0 fully saturated rings. The first-order valence-corrected chi connectivity index (χ1v) is 9.95. The summed E-state index contributed by atoms with van der Waals surface area (Å²) in [6.07, 6.45) is -8.82. The minimum Gasteiger partial charge on any atom is -0.431 e. The van der Waals surface area contributed by atoms with Gasteiger partial charge in [-0.1, -0.05) is 42.1 Å². The van der Waals surface area contributed by atoms with Crippen LogP contribution in [0.3, 0.4) is 0 Å². The summed E-state index contributed by atoms with van der Waals surface area (Å²) in [5.41, 5.74) is 1.10. The second-order valence-electron chi connectivity index (χ2n) is 6.72. The third-order valence-electron chi connectivity index (χ3n) is 4.54. The number of nitrogens with zero attached hydrogens (tertiary/aromatic N) is 1. The molecule has 2 nitrogen and oxygen atoms in total. The molecule has 0 N–H and O–H groups in total. The molecule has 1 heterocycles. The van der Waals surface area contributed by atoms with Crippen LogP contribution in [0.1, 0.15) is 16.7 Å². The second kappa shape index (κ2) is 7.96. The molecule has 0 saturated carbocycles. The van der Waals surface area contributed by atoms with Gasteiger partial charge in [0, 0.05) is 5.75 Å². The summed E-state index contributed by atoms with van der Waals surface area (Å²) in [7, 11) is 0. The van der Waals surface area contributed by atoms with Gasteiger partial charge in [-0.25, -0.2) is 4.98 Å². The molecular weight excluding hydrogens is 440 g/mol. The first-order chi connectivity index (χ1) is 14.6. The topological polar surface area (TPSA) is 26.0 Å². The molecule has 0 aliphatic carbocycles. The quantitative estimate of drug-likeness (QED) is 0.233. The van der Waals surface area contributed by atoms with Gasteiger partial charge in [0.05, 0.1) is 11.1 Å². The van der Waals surface area contributed by atoms with Gasteiger partial charge >= 0.3 is 12.4 Å². The van der Waals surface area contributed by atoms with Gasteiger partial charge in [-0.15, -0.1) is 0 Å². The number of aromatic nitrogens is 1. The zero-order valence-corrected chi connectivity index (χ0v) is 16.4. The van der Waals surface area contributed by atoms with Crippen molar-refractivity contribution in [2.75, 3.05) is 0 Å². The zero-order chi connectivity index (χ0) is 22.2. The molecule has 31 heavy (non-hydrogen) atoms. The molecule has 0 aliphatic rings. The fourth-order valence-corrected chi connectivity index (χ4v) is 3.75. The number of fused-ring (bicyclic) bond motifs is 1. The van der Waals surface area contributed by atoms with Crippen molar-refractivity contribution in [2.45, 2.75) is 23.3 Å². The zero-order valence-electron chi connectivity index (χ0n) is 15.6. The van der Waals surface area contributed by atoms with Crippen LogP contribution in [0.4, 0.5) is 26.3 Å². The maximum atomic E-state index is 13.0. The molecule has 0 bridgehead atoms. The predicted octanol–water partition coefficient (Wildman–Crippen LogP) is 7.82. The van der Waals surface area contributed by atoms with Crippen molar-refractivity contribution >= 4 is 22.9 Å². The largest absolute Gasteiger partial charge is 0.431 e. The van der Waals surface area contributed by atoms with E-state index in [0.29, 0.717) is 38.8 Å². The number of oxazole rings is 1. The fraction of sp³-hybridized carbons (Fsp3) is 0.136. The van der Waals surface area contributed by atoms with E-state index in [9.17, 15) is 26.3 Å². The Morgan fingerprint density at radius 2 is 1.42 bits per heavy atom. The third-order valence-corrected chi connectivity index (χ3v) is 5.43. The summed E-state index contributed by atoms with van der Waals surface area (Å²) in [5, 5.41) is 0.316. The average Bonchev–Trinajstić information content (AvgIpc) is 3.13. The van der Waals surface area contributed by atoms with Crippen LogP contribution in [0.2, 0.25) is 0 Å². The maximum Gasteiger partial charge on any atom is 0.416 e. The number of hydrogen-bond acceptors (Lipinski definition) is 3. The number of halogens is 6. The first-order valence-electron chi connectivity index (χ1n) is 8.97. The van der Waals surface area contributed by atoms with Gasteiger partial charge in [0.1, 0.15) is 5.52 Å². The standard InChI is InChI=1S/C22H13F6NOS/c23-21(24,25)16-7-4-13(5-8-16)12-31-20-29-18-9-6-15(11-19(18)30-20)14-2-1-3-17(10-14)22(26,27)28/h1-11H,12H2. The van der Waals surface area contributed by atoms with E-state index in [1.165, 1.54) is 30.0 Å². The van der Waals surface area contributed by atoms with Crippen molar-refractivity contribution in [2.24, 2.45) is 0 Å². The van der Waals surface area contributed by atoms with Crippen LogP contribution in [0, 0.1) is 0 Å². The first kappa shape index (κ1) is 21.3. The van der Waals surface area contributed by atoms with Crippen LogP contribution >= 0.6 is 11.8 Å². The van der Waals surface area contributed by atoms with Gasteiger partial charge in [0.25, 0.3) is 5.22 Å². The summed E-state index contributed by atoms with van der Waals surface area (Å²) >= 11 is 1.21. The van der Waals surface area contributed by atoms with Crippen molar-refractivity contribution in [3.05, 3.63) is 83.4 Å². The molecule has 0 unspecified atom stereocenters. The highest BCUT2D eigenvalue weighted by atomic mass is 32.2. The van der Waals surface area contributed by atoms with Gasteiger partial charge in [-0.05, 0) is 53.1 Å². The van der Waals surface area contributed by atoms with Crippen LogP contribution in [0.5, 0.6) is 0 Å². The molecule has 160 valence electrons. The van der Waals surface area contributed by atoms with E-state index < -0.39 is 23.5 Å². The fourth-order valence-electron chi connectivity index (χ4n) is 2.95. The molecule has 0 saturated heterocycles. The van der Waals surface area contributed by atoms with Crippen LogP contribution in [-0.2, 0) is 18.1 Å². The Hall–Kier alpha value is -2.94. The number of benzene rings is 3. The molecule has 9 heteroatoms. The SMILES string of the molecule is FC(F)(F)c1ccc(CSc2nc3ccc(-c4cccc(C(F)(F)F)c4)cc3o2)cc1. The van der Waals surface area contributed by atoms with E-state index in [0.717, 1.165) is 24.3 Å². The number of thioether (sulfide) groups is 1. The maximum absolute atomic E-state index is 13.0. The molecule has 0 aliphatic heterocycles. The summed E-state index contributed by atoms with van der Waals surface area (Å²) < 4.78 is 82.5. The van der Waals surface area contributed by atoms with Gasteiger partial charge in [-0.2, -0.15) is 26.3 Å². The van der Waals surface area contributed by atoms with Crippen LogP contribution in [-0.4, -0.2) is 4.98 Å². The normalized spacial score (nSPS) is 12.5. The second-order valence-corrected chi connectivity index (χ2v) is 7.65. The number of hydrogen-bond donors (Lipinski definition) is 0. The smallest absolute Gasteiger partial charge is 0.416 e. The monoisotopic (exact) mass is 453 g/mol. The molecule has 0 amide bonds. The molecule has 3 aromatic carbocycles. The Morgan fingerprint density at radius 1 is 0.742 bits per heavy atom. The lowest BCUT2D eigenvalue weighted by atomic mass is 10.0. The number of rotatable bonds is 4. The van der Waals surface area contributed by atoms with Crippen LogP contribution in [0.15, 0.2) is 76.4 Å². The molecule has 0 atom stereocenters. The highest BCUT2D eigenvalue weighted by Crippen LogP contribution is 2.34. The lowest BCUT2D eigenvalue weighted by molar-refractivity contribution is -0.138. The molecule has 4 rings (SSSR count). The summed E-state index contributed by atoms with van der Waals surface area (Å²) in [6, 6.07) is 14.7. The Kier molecular flexibility index (Phi) is 5.47. The van der Waals surface area contributed by atoms with E-state index in [4.69, 9.17) is 4.42 Å². The van der Waals surface area contributed by atoms with E-state index in [-0.39, 0.29) is 0 Å². The van der Waals surface area contributed by atoms with E-state index >= 15 is 0 Å². The van der Waals surface area contributed by atoms with Crippen molar-refractivity contribution in [1.82, 2.24) is 4.98 Å². The van der Waals surface area contributed by atoms with Crippen molar-refractivity contribution in [1.29, 1.82) is 0 Å². The van der Waals surface area contributed by atoms with Gasteiger partial charge in [0.2, 0.25) is 0 Å². The van der Waals surface area contributed by atoms with Crippen molar-refractivity contribution in [3.8, 4) is 11.1 Å². The Morgan fingerprint density at radius 3 is 2.10 bits per heavy atom. The Bertz CT molecular complexity index is 1210. The highest BCUT2D eigenvalue weighted by molar-refractivity contribution is 7.98. The lowest BCUT2D eigenvalue weighted by Crippen LogP contribution is -2.04. The average molecular weight is 453 g/mol. The van der Waals surface area contributed by atoms with Gasteiger partial charge in [-0.3, -0.25) is 0 Å². The Balaban J connectivity index is 1.52. The predicted molar refractivity (Wildman–Crippen MR) is 105 cm³/mol. The summed E-state index contributed by atoms with van der Waals surface area (Å²) in [5.74, 6) is 0.353. The molecular formula is C22H13F6NOS. The molecule has 1 aromatic heterocycles. The minimum atomic E-state index is -4.44.